The molecule has 0 unspecified atom stereocenters. The van der Waals surface area contributed by atoms with Gasteiger partial charge in [0.15, 0.2) is 0 Å². The summed E-state index contributed by atoms with van der Waals surface area (Å²) in [5, 5.41) is 0. The average Bonchev–Trinajstić information content (AvgIpc) is 2.83. The molecule has 0 spiro atoms. The molecule has 0 amide bonds. The number of benzene rings is 2. The largest absolute Gasteiger partial charge is 0.514 e. The van der Waals surface area contributed by atoms with Gasteiger partial charge in [0.2, 0.25) is 0 Å². The molecule has 0 aliphatic heterocycles. The molecular formula is C25H26O9. The second-order valence-corrected chi connectivity index (χ2v) is 8.04. The zero-order valence-corrected chi connectivity index (χ0v) is 19.0. The topological polar surface area (TPSA) is 114 Å². The van der Waals surface area contributed by atoms with Gasteiger partial charge < -0.3 is 14.2 Å². The Hall–Kier alpha value is -3.88. The fraction of sp³-hybridized carbons (Fsp3) is 0.360. The Morgan fingerprint density at radius 2 is 1.24 bits per heavy atom. The lowest BCUT2D eigenvalue weighted by molar-refractivity contribution is -0.187. The molecular weight excluding hydrogens is 444 g/mol. The van der Waals surface area contributed by atoms with Crippen molar-refractivity contribution in [1.82, 2.24) is 0 Å². The van der Waals surface area contributed by atoms with Crippen LogP contribution in [0.15, 0.2) is 48.5 Å². The molecule has 1 aliphatic carbocycles. The quantitative estimate of drug-likeness (QED) is 0.189. The molecule has 0 heterocycles. The minimum absolute atomic E-state index is 0.0311. The third kappa shape index (κ3) is 6.81. The summed E-state index contributed by atoms with van der Waals surface area (Å²) in [4.78, 5) is 58.3. The first-order chi connectivity index (χ1) is 16.3. The standard InChI is InChI=1S/C25H26O9/c1-16(2)22(26)31-20-14-8-6-12-18(20)23(27)33-34-24(28)19-13-7-9-15-21(19)32-25(29)30-17-10-4-3-5-11-17/h6-9,12-17H,3-5,10-11H2,1-2H3. The van der Waals surface area contributed by atoms with Gasteiger partial charge in [-0.3, -0.25) is 4.79 Å². The number of esters is 1. The first kappa shape index (κ1) is 24.8. The molecule has 3 rings (SSSR count). The molecule has 34 heavy (non-hydrogen) atoms. The molecule has 2 aromatic rings. The van der Waals surface area contributed by atoms with Crippen LogP contribution in [0.2, 0.25) is 0 Å². The van der Waals surface area contributed by atoms with Gasteiger partial charge in [-0.2, -0.15) is 0 Å². The van der Waals surface area contributed by atoms with Crippen LogP contribution in [0.5, 0.6) is 11.5 Å². The Bertz CT molecular complexity index is 1040. The summed E-state index contributed by atoms with van der Waals surface area (Å²) in [7, 11) is 0. The molecule has 0 radical (unpaired) electrons. The van der Waals surface area contributed by atoms with E-state index in [4.69, 9.17) is 14.2 Å². The predicted octanol–water partition coefficient (Wildman–Crippen LogP) is 5.02. The highest BCUT2D eigenvalue weighted by Gasteiger charge is 2.24. The van der Waals surface area contributed by atoms with E-state index in [2.05, 4.69) is 9.78 Å². The lowest BCUT2D eigenvalue weighted by Gasteiger charge is -2.21. The summed E-state index contributed by atoms with van der Waals surface area (Å²) in [5.41, 5.74) is -0.250. The molecule has 1 saturated carbocycles. The van der Waals surface area contributed by atoms with Crippen LogP contribution < -0.4 is 9.47 Å². The van der Waals surface area contributed by atoms with Crippen LogP contribution in [0.3, 0.4) is 0 Å². The van der Waals surface area contributed by atoms with E-state index in [1.807, 2.05) is 0 Å². The van der Waals surface area contributed by atoms with E-state index in [1.54, 1.807) is 26.0 Å². The average molecular weight is 470 g/mol. The molecule has 1 aliphatic rings. The van der Waals surface area contributed by atoms with Crippen LogP contribution in [0.4, 0.5) is 4.79 Å². The van der Waals surface area contributed by atoms with Crippen molar-refractivity contribution in [3.8, 4) is 11.5 Å². The highest BCUT2D eigenvalue weighted by molar-refractivity contribution is 5.96. The summed E-state index contributed by atoms with van der Waals surface area (Å²) in [6.07, 6.45) is 3.45. The zero-order chi connectivity index (χ0) is 24.5. The zero-order valence-electron chi connectivity index (χ0n) is 19.0. The molecule has 0 saturated heterocycles. The smallest absolute Gasteiger partial charge is 0.431 e. The highest BCUT2D eigenvalue weighted by atomic mass is 17.2. The summed E-state index contributed by atoms with van der Waals surface area (Å²) in [5.74, 6) is -3.19. The maximum atomic E-state index is 12.5. The summed E-state index contributed by atoms with van der Waals surface area (Å²) in [6, 6.07) is 11.7. The Morgan fingerprint density at radius 3 is 1.76 bits per heavy atom. The molecule has 0 aromatic heterocycles. The normalized spacial score (nSPS) is 13.6. The van der Waals surface area contributed by atoms with Crippen molar-refractivity contribution >= 4 is 24.1 Å². The third-order valence-electron chi connectivity index (χ3n) is 5.10. The van der Waals surface area contributed by atoms with Crippen LogP contribution in [-0.4, -0.2) is 30.2 Å². The third-order valence-corrected chi connectivity index (χ3v) is 5.10. The number of hydrogen-bond donors (Lipinski definition) is 0. The van der Waals surface area contributed by atoms with E-state index >= 15 is 0 Å². The Kier molecular flexibility index (Phi) is 8.61. The van der Waals surface area contributed by atoms with E-state index in [0.717, 1.165) is 32.1 Å². The van der Waals surface area contributed by atoms with Crippen molar-refractivity contribution in [2.24, 2.45) is 5.92 Å². The number of para-hydroxylation sites is 2. The summed E-state index contributed by atoms with van der Waals surface area (Å²) in [6.45, 7) is 3.30. The van der Waals surface area contributed by atoms with Crippen molar-refractivity contribution in [3.05, 3.63) is 59.7 Å². The number of rotatable bonds is 6. The fourth-order valence-electron chi connectivity index (χ4n) is 3.27. The van der Waals surface area contributed by atoms with Gasteiger partial charge in [0, 0.05) is 0 Å². The van der Waals surface area contributed by atoms with Crippen LogP contribution >= 0.6 is 0 Å². The lowest BCUT2D eigenvalue weighted by atomic mass is 9.98. The van der Waals surface area contributed by atoms with E-state index < -0.39 is 30.0 Å². The van der Waals surface area contributed by atoms with Gasteiger partial charge in [0.25, 0.3) is 0 Å². The Balaban J connectivity index is 1.62. The van der Waals surface area contributed by atoms with E-state index in [0.29, 0.717) is 0 Å². The SMILES string of the molecule is CC(C)C(=O)Oc1ccccc1C(=O)OOC(=O)c1ccccc1OC(=O)OC1CCCCC1. The number of carbonyl (C=O) groups excluding carboxylic acids is 4. The van der Waals surface area contributed by atoms with Gasteiger partial charge in [-0.15, -0.1) is 0 Å². The van der Waals surface area contributed by atoms with E-state index in [1.165, 1.54) is 36.4 Å². The van der Waals surface area contributed by atoms with Crippen molar-refractivity contribution in [2.45, 2.75) is 52.1 Å². The maximum Gasteiger partial charge on any atom is 0.514 e. The van der Waals surface area contributed by atoms with Gasteiger partial charge in [-0.1, -0.05) is 44.5 Å². The van der Waals surface area contributed by atoms with Gasteiger partial charge in [-0.05, 0) is 49.9 Å². The van der Waals surface area contributed by atoms with E-state index in [9.17, 15) is 19.2 Å². The minimum atomic E-state index is -1.06. The number of carbonyl (C=O) groups is 4. The lowest BCUT2D eigenvalue weighted by Crippen LogP contribution is -2.23. The molecule has 1 fully saturated rings. The van der Waals surface area contributed by atoms with Crippen molar-refractivity contribution in [3.63, 3.8) is 0 Å². The molecule has 9 nitrogen and oxygen atoms in total. The number of hydrogen-bond acceptors (Lipinski definition) is 9. The van der Waals surface area contributed by atoms with Gasteiger partial charge in [-0.25, -0.2) is 24.2 Å². The van der Waals surface area contributed by atoms with Crippen molar-refractivity contribution in [1.29, 1.82) is 0 Å². The number of ether oxygens (including phenoxy) is 3. The Labute approximate surface area is 196 Å². The Morgan fingerprint density at radius 1 is 0.735 bits per heavy atom. The van der Waals surface area contributed by atoms with Gasteiger partial charge in [0.05, 0.1) is 5.92 Å². The fourth-order valence-corrected chi connectivity index (χ4v) is 3.27. The molecule has 0 N–H and O–H groups in total. The molecule has 2 aromatic carbocycles. The monoisotopic (exact) mass is 470 g/mol. The minimum Gasteiger partial charge on any atom is -0.431 e. The van der Waals surface area contributed by atoms with Crippen LogP contribution in [0, 0.1) is 5.92 Å². The molecule has 9 heteroatoms. The summed E-state index contributed by atoms with van der Waals surface area (Å²) >= 11 is 0. The predicted molar refractivity (Wildman–Crippen MR) is 118 cm³/mol. The molecule has 0 atom stereocenters. The molecule has 180 valence electrons. The summed E-state index contributed by atoms with van der Waals surface area (Å²) < 4.78 is 15.7. The first-order valence-corrected chi connectivity index (χ1v) is 11.1. The second-order valence-electron chi connectivity index (χ2n) is 8.04. The van der Waals surface area contributed by atoms with Crippen LogP contribution in [0.1, 0.15) is 66.7 Å². The van der Waals surface area contributed by atoms with Crippen LogP contribution in [0.25, 0.3) is 0 Å². The van der Waals surface area contributed by atoms with Crippen LogP contribution in [-0.2, 0) is 19.3 Å². The maximum absolute atomic E-state index is 12.5. The van der Waals surface area contributed by atoms with Crippen molar-refractivity contribution < 1.29 is 43.2 Å². The highest BCUT2D eigenvalue weighted by Crippen LogP contribution is 2.24. The second kappa shape index (κ2) is 11.8. The van der Waals surface area contributed by atoms with Gasteiger partial charge >= 0.3 is 24.1 Å². The van der Waals surface area contributed by atoms with Gasteiger partial charge in [0.1, 0.15) is 28.7 Å². The van der Waals surface area contributed by atoms with E-state index in [-0.39, 0.29) is 28.7 Å². The first-order valence-electron chi connectivity index (χ1n) is 11.1. The molecule has 0 bridgehead atoms. The van der Waals surface area contributed by atoms with Crippen molar-refractivity contribution in [2.75, 3.05) is 0 Å².